The van der Waals surface area contributed by atoms with Crippen LogP contribution < -0.4 is 5.32 Å². The number of nitrogens with one attached hydrogen (secondary N) is 1. The highest BCUT2D eigenvalue weighted by atomic mass is 32.2. The Morgan fingerprint density at radius 2 is 1.96 bits per heavy atom. The minimum absolute atomic E-state index is 0.0947. The fourth-order valence-corrected chi connectivity index (χ4v) is 4.19. The van der Waals surface area contributed by atoms with Crippen LogP contribution in [-0.4, -0.2) is 26.8 Å². The summed E-state index contributed by atoms with van der Waals surface area (Å²) in [5.41, 5.74) is 1.43. The Bertz CT molecular complexity index is 786. The molecule has 1 N–H and O–H groups in total. The van der Waals surface area contributed by atoms with Crippen LogP contribution in [0.25, 0.3) is 11.3 Å². The normalized spacial score (nSPS) is 16.5. The lowest BCUT2D eigenvalue weighted by Gasteiger charge is -2.26. The first-order valence-electron chi connectivity index (χ1n) is 9.06. The molecular formula is C20H24N4OS. The van der Waals surface area contributed by atoms with Crippen molar-refractivity contribution in [1.82, 2.24) is 14.9 Å². The molecular weight excluding hydrogens is 344 g/mol. The van der Waals surface area contributed by atoms with E-state index in [2.05, 4.69) is 16.4 Å². The van der Waals surface area contributed by atoms with Crippen molar-refractivity contribution in [3.8, 4) is 17.3 Å². The number of thioether (sulfide) groups is 1. The highest BCUT2D eigenvalue weighted by molar-refractivity contribution is 7.99. The molecule has 1 aliphatic carbocycles. The molecule has 5 nitrogen and oxygen atoms in total. The van der Waals surface area contributed by atoms with Gasteiger partial charge in [0.15, 0.2) is 5.16 Å². The van der Waals surface area contributed by atoms with Gasteiger partial charge in [-0.15, -0.1) is 0 Å². The summed E-state index contributed by atoms with van der Waals surface area (Å²) in [6.45, 7) is 0. The van der Waals surface area contributed by atoms with Crippen LogP contribution in [0.3, 0.4) is 0 Å². The number of amides is 1. The van der Waals surface area contributed by atoms with E-state index in [1.165, 1.54) is 11.8 Å². The van der Waals surface area contributed by atoms with Crippen LogP contribution >= 0.6 is 11.8 Å². The summed E-state index contributed by atoms with van der Waals surface area (Å²) < 4.78 is 2.00. The topological polar surface area (TPSA) is 70.7 Å². The van der Waals surface area contributed by atoms with E-state index in [0.29, 0.717) is 0 Å². The molecule has 0 bridgehead atoms. The first-order valence-corrected chi connectivity index (χ1v) is 10.0. The molecule has 0 atom stereocenters. The molecule has 26 heavy (non-hydrogen) atoms. The molecule has 0 spiro atoms. The predicted octanol–water partition coefficient (Wildman–Crippen LogP) is 3.91. The average molecular weight is 369 g/mol. The van der Waals surface area contributed by atoms with Crippen molar-refractivity contribution in [2.45, 2.75) is 49.2 Å². The van der Waals surface area contributed by atoms with Crippen molar-refractivity contribution >= 4 is 17.7 Å². The number of benzene rings is 1. The molecule has 3 rings (SSSR count). The summed E-state index contributed by atoms with van der Waals surface area (Å²) in [6, 6.07) is 12.4. The number of rotatable bonds is 5. The van der Waals surface area contributed by atoms with Gasteiger partial charge in [-0.25, -0.2) is 4.98 Å². The van der Waals surface area contributed by atoms with Crippen molar-refractivity contribution in [2.75, 3.05) is 5.75 Å². The maximum Gasteiger partial charge on any atom is 0.231 e. The lowest BCUT2D eigenvalue weighted by molar-refractivity contribution is -0.120. The Balaban J connectivity index is 1.61. The molecule has 0 saturated heterocycles. The van der Waals surface area contributed by atoms with Crippen molar-refractivity contribution in [1.29, 1.82) is 5.26 Å². The van der Waals surface area contributed by atoms with Crippen LogP contribution in [0.15, 0.2) is 41.7 Å². The Labute approximate surface area is 158 Å². The van der Waals surface area contributed by atoms with Gasteiger partial charge in [0.05, 0.1) is 23.7 Å². The summed E-state index contributed by atoms with van der Waals surface area (Å²) in [5, 5.41) is 13.4. The zero-order valence-corrected chi connectivity index (χ0v) is 15.9. The largest absolute Gasteiger partial charge is 0.337 e. The maximum absolute atomic E-state index is 12.4. The van der Waals surface area contributed by atoms with E-state index in [1.54, 1.807) is 0 Å². The fraction of sp³-hybridized carbons (Fsp3) is 0.450. The first-order chi connectivity index (χ1) is 12.6. The van der Waals surface area contributed by atoms with Gasteiger partial charge in [-0.2, -0.15) is 5.26 Å². The monoisotopic (exact) mass is 368 g/mol. The lowest BCUT2D eigenvalue weighted by Crippen LogP contribution is -2.47. The Morgan fingerprint density at radius 3 is 2.62 bits per heavy atom. The van der Waals surface area contributed by atoms with Gasteiger partial charge < -0.3 is 9.88 Å². The summed E-state index contributed by atoms with van der Waals surface area (Å²) in [5.74, 6) is 0.172. The number of hydrogen-bond donors (Lipinski definition) is 1. The molecule has 1 aromatic carbocycles. The lowest BCUT2D eigenvalue weighted by atomic mass is 9.92. The summed E-state index contributed by atoms with van der Waals surface area (Å²) in [4.78, 5) is 16.9. The summed E-state index contributed by atoms with van der Waals surface area (Å²) in [7, 11) is 1.96. The van der Waals surface area contributed by atoms with Gasteiger partial charge in [0, 0.05) is 7.05 Å². The number of nitrogens with zero attached hydrogens (tertiary/aromatic N) is 3. The zero-order valence-electron chi connectivity index (χ0n) is 15.1. The highest BCUT2D eigenvalue weighted by Crippen LogP contribution is 2.28. The molecule has 136 valence electrons. The number of hydrogen-bond acceptors (Lipinski definition) is 4. The third kappa shape index (κ3) is 4.28. The number of nitriles is 1. The first kappa shape index (κ1) is 18.5. The molecule has 1 saturated carbocycles. The fourth-order valence-electron chi connectivity index (χ4n) is 3.43. The molecule has 1 aromatic heterocycles. The molecule has 1 fully saturated rings. The Hall–Kier alpha value is -2.26. The average Bonchev–Trinajstić information content (AvgIpc) is 2.88. The predicted molar refractivity (Wildman–Crippen MR) is 104 cm³/mol. The Kier molecular flexibility index (Phi) is 6.00. The standard InChI is InChI=1S/C20H24N4OS/c1-24-17(16-9-5-4-6-10-16)13-22-19(24)26-14-18(25)23-20(15-21)11-7-2-3-8-12-20/h4-6,9-10,13H,2-3,7-8,11-12,14H2,1H3,(H,23,25). The van der Waals surface area contributed by atoms with Crippen molar-refractivity contribution in [2.24, 2.45) is 7.05 Å². The van der Waals surface area contributed by atoms with Gasteiger partial charge in [-0.05, 0) is 18.4 Å². The van der Waals surface area contributed by atoms with Crippen LogP contribution in [0.1, 0.15) is 38.5 Å². The summed E-state index contributed by atoms with van der Waals surface area (Å²) >= 11 is 1.40. The van der Waals surface area contributed by atoms with Gasteiger partial charge in [-0.3, -0.25) is 4.79 Å². The van der Waals surface area contributed by atoms with E-state index in [9.17, 15) is 10.1 Å². The van der Waals surface area contributed by atoms with Gasteiger partial charge in [0.1, 0.15) is 5.54 Å². The highest BCUT2D eigenvalue weighted by Gasteiger charge is 2.32. The second kappa shape index (κ2) is 8.41. The Morgan fingerprint density at radius 1 is 1.27 bits per heavy atom. The number of carbonyl (C=O) groups is 1. The smallest absolute Gasteiger partial charge is 0.231 e. The molecule has 0 radical (unpaired) electrons. The number of aromatic nitrogens is 2. The third-order valence-electron chi connectivity index (χ3n) is 4.90. The van der Waals surface area contributed by atoms with Crippen LogP contribution in [0, 0.1) is 11.3 Å². The molecule has 2 aromatic rings. The van der Waals surface area contributed by atoms with E-state index in [-0.39, 0.29) is 11.7 Å². The van der Waals surface area contributed by atoms with E-state index >= 15 is 0 Å². The van der Waals surface area contributed by atoms with Gasteiger partial charge in [0.25, 0.3) is 0 Å². The molecule has 1 aliphatic rings. The molecule has 0 aliphatic heterocycles. The number of imidazole rings is 1. The van der Waals surface area contributed by atoms with Gasteiger partial charge >= 0.3 is 0 Å². The molecule has 1 amide bonds. The van der Waals surface area contributed by atoms with Gasteiger partial charge in [0.2, 0.25) is 5.91 Å². The minimum Gasteiger partial charge on any atom is -0.337 e. The van der Waals surface area contributed by atoms with Crippen LogP contribution in [0.5, 0.6) is 0 Å². The molecule has 1 heterocycles. The van der Waals surface area contributed by atoms with Crippen molar-refractivity contribution in [3.63, 3.8) is 0 Å². The minimum atomic E-state index is -0.690. The second-order valence-electron chi connectivity index (χ2n) is 6.80. The SMILES string of the molecule is Cn1c(-c2ccccc2)cnc1SCC(=O)NC1(C#N)CCCCCC1. The van der Waals surface area contributed by atoms with Gasteiger partial charge in [-0.1, -0.05) is 67.8 Å². The summed E-state index contributed by atoms with van der Waals surface area (Å²) in [6.07, 6.45) is 7.62. The zero-order chi connectivity index (χ0) is 18.4. The molecule has 6 heteroatoms. The van der Waals surface area contributed by atoms with Crippen LogP contribution in [-0.2, 0) is 11.8 Å². The molecule has 0 unspecified atom stereocenters. The van der Waals surface area contributed by atoms with Crippen LogP contribution in [0.2, 0.25) is 0 Å². The number of carbonyl (C=O) groups excluding carboxylic acids is 1. The maximum atomic E-state index is 12.4. The quantitative estimate of drug-likeness (QED) is 0.641. The van der Waals surface area contributed by atoms with E-state index < -0.39 is 5.54 Å². The van der Waals surface area contributed by atoms with Crippen LogP contribution in [0.4, 0.5) is 0 Å². The third-order valence-corrected chi connectivity index (χ3v) is 5.94. The van der Waals surface area contributed by atoms with Crippen molar-refractivity contribution in [3.05, 3.63) is 36.5 Å². The van der Waals surface area contributed by atoms with E-state index in [4.69, 9.17) is 0 Å². The van der Waals surface area contributed by atoms with E-state index in [0.717, 1.165) is 54.9 Å². The van der Waals surface area contributed by atoms with Crippen molar-refractivity contribution < 1.29 is 4.79 Å². The van der Waals surface area contributed by atoms with E-state index in [1.807, 2.05) is 48.1 Å². The second-order valence-corrected chi connectivity index (χ2v) is 7.74.